The number of hydrogen-bond acceptors (Lipinski definition) is 5. The highest BCUT2D eigenvalue weighted by atomic mass is 16.5. The van der Waals surface area contributed by atoms with Gasteiger partial charge in [-0.2, -0.15) is 0 Å². The number of nitrogens with one attached hydrogen (secondary N) is 2. The Kier molecular flexibility index (Phi) is 6.56. The summed E-state index contributed by atoms with van der Waals surface area (Å²) in [5, 5.41) is 3.70. The number of carbonyl (C=O) groups is 1. The summed E-state index contributed by atoms with van der Waals surface area (Å²) in [7, 11) is 1.65. The van der Waals surface area contributed by atoms with Crippen molar-refractivity contribution in [1.82, 2.24) is 19.9 Å². The standard InChI is InChI=1S/C22H28N4O4/c1-6-30-19-9-13(2)25-21(27)17(19)10-24-22(28)20-15(4)26(14(3)12-29-5)18-11-23-8-7-16(18)20/h7-9,11,14H,6,10,12H2,1-5H3,(H,24,28)(H,25,27). The van der Waals surface area contributed by atoms with E-state index < -0.39 is 0 Å². The van der Waals surface area contributed by atoms with E-state index in [2.05, 4.69) is 19.9 Å². The number of fused-ring (bicyclic) bond motifs is 1. The first-order valence-corrected chi connectivity index (χ1v) is 9.96. The summed E-state index contributed by atoms with van der Waals surface area (Å²) in [6.45, 7) is 8.59. The number of H-pyrrole nitrogens is 1. The Balaban J connectivity index is 1.96. The molecule has 30 heavy (non-hydrogen) atoms. The number of aromatic nitrogens is 3. The minimum atomic E-state index is -0.268. The highest BCUT2D eigenvalue weighted by molar-refractivity contribution is 6.08. The fraction of sp³-hybridized carbons (Fsp3) is 0.409. The number of amides is 1. The van der Waals surface area contributed by atoms with Crippen LogP contribution in [-0.4, -0.2) is 40.8 Å². The van der Waals surface area contributed by atoms with Crippen molar-refractivity contribution in [2.24, 2.45) is 0 Å². The molecule has 0 radical (unpaired) electrons. The maximum atomic E-state index is 13.2. The first kappa shape index (κ1) is 21.6. The van der Waals surface area contributed by atoms with E-state index in [9.17, 15) is 9.59 Å². The van der Waals surface area contributed by atoms with Gasteiger partial charge in [0.25, 0.3) is 11.5 Å². The van der Waals surface area contributed by atoms with Crippen molar-refractivity contribution in [3.8, 4) is 5.75 Å². The molecule has 1 unspecified atom stereocenters. The van der Waals surface area contributed by atoms with Crippen molar-refractivity contribution in [1.29, 1.82) is 0 Å². The zero-order valence-electron chi connectivity index (χ0n) is 18.0. The van der Waals surface area contributed by atoms with Crippen LogP contribution in [0.2, 0.25) is 0 Å². The van der Waals surface area contributed by atoms with Crippen LogP contribution in [0.4, 0.5) is 0 Å². The van der Waals surface area contributed by atoms with E-state index in [1.165, 1.54) is 0 Å². The second kappa shape index (κ2) is 9.13. The van der Waals surface area contributed by atoms with Crippen molar-refractivity contribution in [3.05, 3.63) is 57.4 Å². The summed E-state index contributed by atoms with van der Waals surface area (Å²) in [6, 6.07) is 3.63. The number of carbonyl (C=O) groups excluding carboxylic acids is 1. The van der Waals surface area contributed by atoms with Crippen LogP contribution in [0, 0.1) is 13.8 Å². The number of hydrogen-bond donors (Lipinski definition) is 2. The highest BCUT2D eigenvalue weighted by Gasteiger charge is 2.23. The monoisotopic (exact) mass is 412 g/mol. The molecule has 0 spiro atoms. The third kappa shape index (κ3) is 4.09. The first-order chi connectivity index (χ1) is 14.4. The fourth-order valence-corrected chi connectivity index (χ4v) is 3.85. The molecule has 3 aromatic rings. The molecule has 8 nitrogen and oxygen atoms in total. The van der Waals surface area contributed by atoms with Crippen LogP contribution in [0.1, 0.15) is 47.2 Å². The SMILES string of the molecule is CCOc1cc(C)[nH]c(=O)c1CNC(=O)c1c(C)n(C(C)COC)c2cnccc12. The van der Waals surface area contributed by atoms with Crippen LogP contribution < -0.4 is 15.6 Å². The molecule has 3 heterocycles. The Labute approximate surface area is 175 Å². The van der Waals surface area contributed by atoms with Crippen LogP contribution in [0.25, 0.3) is 10.9 Å². The molecule has 2 N–H and O–H groups in total. The molecular weight excluding hydrogens is 384 g/mol. The third-order valence-electron chi connectivity index (χ3n) is 5.08. The van der Waals surface area contributed by atoms with Gasteiger partial charge in [0.05, 0.1) is 48.6 Å². The van der Waals surface area contributed by atoms with Gasteiger partial charge in [-0.05, 0) is 39.8 Å². The number of aromatic amines is 1. The smallest absolute Gasteiger partial charge is 0.256 e. The zero-order chi connectivity index (χ0) is 21.8. The molecule has 0 aromatic carbocycles. The van der Waals surface area contributed by atoms with E-state index in [1.807, 2.05) is 26.8 Å². The van der Waals surface area contributed by atoms with Gasteiger partial charge >= 0.3 is 0 Å². The Hall–Kier alpha value is -3.13. The summed E-state index contributed by atoms with van der Waals surface area (Å²) >= 11 is 0. The van der Waals surface area contributed by atoms with Gasteiger partial charge in [0.15, 0.2) is 0 Å². The Morgan fingerprint density at radius 2 is 2.13 bits per heavy atom. The van der Waals surface area contributed by atoms with Crippen LogP contribution in [0.15, 0.2) is 29.3 Å². The molecule has 160 valence electrons. The molecule has 3 rings (SSSR count). The maximum absolute atomic E-state index is 13.2. The molecule has 0 fully saturated rings. The van der Waals surface area contributed by atoms with E-state index in [-0.39, 0.29) is 24.1 Å². The molecule has 0 aliphatic carbocycles. The molecule has 1 amide bonds. The zero-order valence-corrected chi connectivity index (χ0v) is 18.0. The van der Waals surface area contributed by atoms with Gasteiger partial charge < -0.3 is 24.3 Å². The van der Waals surface area contributed by atoms with Gasteiger partial charge in [0.2, 0.25) is 0 Å². The third-order valence-corrected chi connectivity index (χ3v) is 5.08. The Morgan fingerprint density at radius 1 is 1.37 bits per heavy atom. The van der Waals surface area contributed by atoms with Gasteiger partial charge in [-0.3, -0.25) is 14.6 Å². The molecule has 3 aromatic heterocycles. The van der Waals surface area contributed by atoms with E-state index >= 15 is 0 Å². The van der Waals surface area contributed by atoms with Crippen LogP contribution in [-0.2, 0) is 11.3 Å². The summed E-state index contributed by atoms with van der Waals surface area (Å²) in [6.07, 6.45) is 3.42. The topological polar surface area (TPSA) is 98.2 Å². The summed E-state index contributed by atoms with van der Waals surface area (Å²) < 4.78 is 13.0. The number of pyridine rings is 2. The van der Waals surface area contributed by atoms with E-state index in [4.69, 9.17) is 9.47 Å². The lowest BCUT2D eigenvalue weighted by atomic mass is 10.1. The largest absolute Gasteiger partial charge is 0.493 e. The van der Waals surface area contributed by atoms with Gasteiger partial charge in [0.1, 0.15) is 5.75 Å². The predicted octanol–water partition coefficient (Wildman–Crippen LogP) is 2.88. The van der Waals surface area contributed by atoms with Gasteiger partial charge in [-0.25, -0.2) is 0 Å². The second-order valence-corrected chi connectivity index (χ2v) is 7.27. The number of aryl methyl sites for hydroxylation is 1. The van der Waals surface area contributed by atoms with E-state index in [0.29, 0.717) is 35.8 Å². The Morgan fingerprint density at radius 3 is 2.83 bits per heavy atom. The normalized spacial score (nSPS) is 12.2. The van der Waals surface area contributed by atoms with Crippen molar-refractivity contribution in [2.75, 3.05) is 20.3 Å². The molecule has 0 saturated heterocycles. The van der Waals surface area contributed by atoms with Crippen LogP contribution >= 0.6 is 0 Å². The minimum Gasteiger partial charge on any atom is -0.493 e. The molecule has 0 aliphatic heterocycles. The minimum absolute atomic E-state index is 0.0350. The molecule has 0 saturated carbocycles. The summed E-state index contributed by atoms with van der Waals surface area (Å²) in [5.74, 6) is 0.227. The second-order valence-electron chi connectivity index (χ2n) is 7.27. The van der Waals surface area contributed by atoms with E-state index in [1.54, 1.807) is 32.5 Å². The number of rotatable bonds is 8. The maximum Gasteiger partial charge on any atom is 0.256 e. The molecule has 8 heteroatoms. The average Bonchev–Trinajstić information content (AvgIpc) is 2.99. The van der Waals surface area contributed by atoms with E-state index in [0.717, 1.165) is 16.6 Å². The van der Waals surface area contributed by atoms with Crippen molar-refractivity contribution in [2.45, 2.75) is 40.3 Å². The lowest BCUT2D eigenvalue weighted by molar-refractivity contribution is 0.0950. The van der Waals surface area contributed by atoms with Crippen molar-refractivity contribution in [3.63, 3.8) is 0 Å². The lowest BCUT2D eigenvalue weighted by Crippen LogP contribution is -2.28. The highest BCUT2D eigenvalue weighted by Crippen LogP contribution is 2.29. The number of nitrogens with zero attached hydrogens (tertiary/aromatic N) is 2. The molecule has 0 aliphatic rings. The first-order valence-electron chi connectivity index (χ1n) is 9.96. The molecule has 0 bridgehead atoms. The van der Waals surface area contributed by atoms with Crippen molar-refractivity contribution < 1.29 is 14.3 Å². The quantitative estimate of drug-likeness (QED) is 0.593. The van der Waals surface area contributed by atoms with Crippen molar-refractivity contribution >= 4 is 16.8 Å². The molecular formula is C22H28N4O4. The average molecular weight is 412 g/mol. The van der Waals surface area contributed by atoms with Gasteiger partial charge in [0, 0.05) is 30.1 Å². The lowest BCUT2D eigenvalue weighted by Gasteiger charge is -2.16. The van der Waals surface area contributed by atoms with Crippen LogP contribution in [0.5, 0.6) is 5.75 Å². The summed E-state index contributed by atoms with van der Waals surface area (Å²) in [4.78, 5) is 32.6. The van der Waals surface area contributed by atoms with Gasteiger partial charge in [-0.1, -0.05) is 0 Å². The predicted molar refractivity (Wildman–Crippen MR) is 115 cm³/mol. The fourth-order valence-electron chi connectivity index (χ4n) is 3.85. The number of ether oxygens (including phenoxy) is 2. The van der Waals surface area contributed by atoms with Gasteiger partial charge in [-0.15, -0.1) is 0 Å². The van der Waals surface area contributed by atoms with Crippen LogP contribution in [0.3, 0.4) is 0 Å². The Bertz CT molecular complexity index is 1120. The summed E-state index contributed by atoms with van der Waals surface area (Å²) in [5.41, 5.74) is 3.09. The molecule has 1 atom stereocenters. The number of methoxy groups -OCH3 is 1.